The van der Waals surface area contributed by atoms with Crippen LogP contribution in [-0.2, 0) is 0 Å². The zero-order valence-corrected chi connectivity index (χ0v) is 13.3. The third-order valence-electron chi connectivity index (χ3n) is 3.36. The van der Waals surface area contributed by atoms with E-state index in [0.717, 1.165) is 11.1 Å². The summed E-state index contributed by atoms with van der Waals surface area (Å²) in [5, 5.41) is 9.33. The first-order valence-electron chi connectivity index (χ1n) is 7.45. The summed E-state index contributed by atoms with van der Waals surface area (Å²) in [6.45, 7) is 3.76. The molecule has 0 aliphatic carbocycles. The van der Waals surface area contributed by atoms with Crippen molar-refractivity contribution in [3.63, 3.8) is 0 Å². The van der Waals surface area contributed by atoms with E-state index in [4.69, 9.17) is 0 Å². The molecule has 0 spiro atoms. The number of carbonyl (C=O) groups excluding carboxylic acids is 2. The molecule has 0 aromatic carbocycles. The monoisotopic (exact) mass is 324 g/mol. The predicted molar refractivity (Wildman–Crippen MR) is 88.9 cm³/mol. The Labute approximate surface area is 137 Å². The molecule has 0 fully saturated rings. The second kappa shape index (κ2) is 6.45. The van der Waals surface area contributed by atoms with Gasteiger partial charge in [0, 0.05) is 31.4 Å². The largest absolute Gasteiger partial charge is 0.338 e. The second-order valence-corrected chi connectivity index (χ2v) is 5.12. The molecule has 8 heteroatoms. The SMILES string of the molecule is CCNC(=O)Nc1nc2cc(-c3cccnc3)cc(C(C)=O)n2n1. The van der Waals surface area contributed by atoms with Gasteiger partial charge < -0.3 is 5.32 Å². The van der Waals surface area contributed by atoms with Gasteiger partial charge in [-0.1, -0.05) is 6.07 Å². The minimum absolute atomic E-state index is 0.131. The maximum absolute atomic E-state index is 12.0. The molecule has 122 valence electrons. The molecule has 0 unspecified atom stereocenters. The van der Waals surface area contributed by atoms with E-state index in [1.807, 2.05) is 19.1 Å². The summed E-state index contributed by atoms with van der Waals surface area (Å²) in [6.07, 6.45) is 3.39. The normalized spacial score (nSPS) is 10.6. The summed E-state index contributed by atoms with van der Waals surface area (Å²) in [7, 11) is 0. The lowest BCUT2D eigenvalue weighted by Gasteiger charge is -2.05. The fraction of sp³-hybridized carbons (Fsp3) is 0.188. The first-order chi connectivity index (χ1) is 11.6. The van der Waals surface area contributed by atoms with Gasteiger partial charge >= 0.3 is 6.03 Å². The van der Waals surface area contributed by atoms with Crippen LogP contribution in [0.4, 0.5) is 10.7 Å². The van der Waals surface area contributed by atoms with Crippen LogP contribution in [0, 0.1) is 0 Å². The van der Waals surface area contributed by atoms with Gasteiger partial charge in [-0.3, -0.25) is 15.1 Å². The number of Topliss-reactive ketones (excluding diaryl/α,β-unsaturated/α-hetero) is 1. The number of rotatable bonds is 4. The Morgan fingerprint density at radius 2 is 2.08 bits per heavy atom. The van der Waals surface area contributed by atoms with E-state index in [2.05, 4.69) is 25.7 Å². The highest BCUT2D eigenvalue weighted by Crippen LogP contribution is 2.22. The summed E-state index contributed by atoms with van der Waals surface area (Å²) in [5.74, 6) is -0.0213. The van der Waals surface area contributed by atoms with Crippen molar-refractivity contribution >= 4 is 23.4 Å². The topological polar surface area (TPSA) is 101 Å². The lowest BCUT2D eigenvalue weighted by atomic mass is 10.1. The minimum Gasteiger partial charge on any atom is -0.338 e. The Balaban J connectivity index is 2.08. The van der Waals surface area contributed by atoms with E-state index in [1.54, 1.807) is 24.5 Å². The van der Waals surface area contributed by atoms with Crippen molar-refractivity contribution in [3.8, 4) is 11.1 Å². The number of aromatic nitrogens is 4. The average Bonchev–Trinajstić information content (AvgIpc) is 2.96. The molecule has 0 aliphatic rings. The van der Waals surface area contributed by atoms with Crippen LogP contribution in [0.1, 0.15) is 24.3 Å². The van der Waals surface area contributed by atoms with Crippen LogP contribution >= 0.6 is 0 Å². The summed E-state index contributed by atoms with van der Waals surface area (Å²) in [6, 6.07) is 6.84. The smallest absolute Gasteiger partial charge is 0.321 e. The van der Waals surface area contributed by atoms with Gasteiger partial charge in [0.1, 0.15) is 5.69 Å². The fourth-order valence-electron chi connectivity index (χ4n) is 2.29. The summed E-state index contributed by atoms with van der Waals surface area (Å²) < 4.78 is 1.42. The molecule has 3 aromatic heterocycles. The van der Waals surface area contributed by atoms with Gasteiger partial charge in [-0.15, -0.1) is 5.10 Å². The van der Waals surface area contributed by atoms with E-state index in [9.17, 15) is 9.59 Å². The molecular formula is C16H16N6O2. The molecule has 0 atom stereocenters. The van der Waals surface area contributed by atoms with E-state index in [0.29, 0.717) is 17.9 Å². The number of nitrogens with one attached hydrogen (secondary N) is 2. The zero-order valence-electron chi connectivity index (χ0n) is 13.3. The first-order valence-corrected chi connectivity index (χ1v) is 7.45. The van der Waals surface area contributed by atoms with E-state index in [1.165, 1.54) is 11.4 Å². The standard InChI is InChI=1S/C16H16N6O2/c1-3-18-16(24)20-15-19-14-8-12(11-5-4-6-17-9-11)7-13(10(2)23)22(14)21-15/h4-9H,3H2,1-2H3,(H2,18,20,21,24). The summed E-state index contributed by atoms with van der Waals surface area (Å²) in [4.78, 5) is 31.9. The zero-order chi connectivity index (χ0) is 17.1. The third kappa shape index (κ3) is 3.07. The Bertz CT molecular complexity index is 904. The minimum atomic E-state index is -0.398. The lowest BCUT2D eigenvalue weighted by molar-refractivity contribution is 0.101. The van der Waals surface area contributed by atoms with Gasteiger partial charge in [-0.25, -0.2) is 9.31 Å². The molecule has 0 saturated carbocycles. The number of anilines is 1. The van der Waals surface area contributed by atoms with Crippen LogP contribution in [-0.4, -0.2) is 37.9 Å². The highest BCUT2D eigenvalue weighted by Gasteiger charge is 2.14. The number of ketones is 1. The van der Waals surface area contributed by atoms with E-state index < -0.39 is 6.03 Å². The Morgan fingerprint density at radius 1 is 1.25 bits per heavy atom. The number of urea groups is 1. The molecule has 0 aliphatic heterocycles. The van der Waals surface area contributed by atoms with Crippen LogP contribution in [0.3, 0.4) is 0 Å². The van der Waals surface area contributed by atoms with Crippen molar-refractivity contribution in [1.29, 1.82) is 0 Å². The van der Waals surface area contributed by atoms with E-state index in [-0.39, 0.29) is 11.7 Å². The first kappa shape index (κ1) is 15.6. The van der Waals surface area contributed by atoms with Crippen molar-refractivity contribution in [2.75, 3.05) is 11.9 Å². The molecular weight excluding hydrogens is 308 g/mol. The molecule has 3 rings (SSSR count). The van der Waals surface area contributed by atoms with Crippen molar-refractivity contribution in [3.05, 3.63) is 42.4 Å². The van der Waals surface area contributed by atoms with Gasteiger partial charge in [-0.05, 0) is 30.7 Å². The maximum Gasteiger partial charge on any atom is 0.321 e. The molecule has 0 saturated heterocycles. The molecule has 2 amide bonds. The summed E-state index contributed by atoms with van der Waals surface area (Å²) in [5.41, 5.74) is 2.51. The van der Waals surface area contributed by atoms with Gasteiger partial charge in [0.25, 0.3) is 5.95 Å². The maximum atomic E-state index is 12.0. The number of fused-ring (bicyclic) bond motifs is 1. The molecule has 2 N–H and O–H groups in total. The molecule has 8 nitrogen and oxygen atoms in total. The summed E-state index contributed by atoms with van der Waals surface area (Å²) >= 11 is 0. The van der Waals surface area contributed by atoms with Gasteiger partial charge in [0.2, 0.25) is 0 Å². The predicted octanol–water partition coefficient (Wildman–Crippen LogP) is 2.14. The molecule has 24 heavy (non-hydrogen) atoms. The molecule has 0 bridgehead atoms. The number of hydrogen-bond donors (Lipinski definition) is 2. The highest BCUT2D eigenvalue weighted by atomic mass is 16.2. The fourth-order valence-corrected chi connectivity index (χ4v) is 2.29. The molecule has 3 aromatic rings. The van der Waals surface area contributed by atoms with Gasteiger partial charge in [0.05, 0.1) is 0 Å². The number of nitrogens with zero attached hydrogens (tertiary/aromatic N) is 4. The second-order valence-electron chi connectivity index (χ2n) is 5.12. The van der Waals surface area contributed by atoms with Crippen molar-refractivity contribution < 1.29 is 9.59 Å². The van der Waals surface area contributed by atoms with Gasteiger partial charge in [0.15, 0.2) is 11.4 Å². The Kier molecular flexibility index (Phi) is 4.19. The molecule has 3 heterocycles. The number of pyridine rings is 2. The number of carbonyl (C=O) groups is 2. The Hall–Kier alpha value is -3.29. The van der Waals surface area contributed by atoms with Crippen LogP contribution < -0.4 is 10.6 Å². The van der Waals surface area contributed by atoms with Crippen molar-refractivity contribution in [2.24, 2.45) is 0 Å². The van der Waals surface area contributed by atoms with Gasteiger partial charge in [-0.2, -0.15) is 4.98 Å². The number of amides is 2. The van der Waals surface area contributed by atoms with E-state index >= 15 is 0 Å². The molecule has 0 radical (unpaired) electrons. The van der Waals surface area contributed by atoms with Crippen LogP contribution in [0.15, 0.2) is 36.7 Å². The van der Waals surface area contributed by atoms with Crippen LogP contribution in [0.2, 0.25) is 0 Å². The van der Waals surface area contributed by atoms with Crippen molar-refractivity contribution in [1.82, 2.24) is 24.9 Å². The van der Waals surface area contributed by atoms with Crippen molar-refractivity contribution in [2.45, 2.75) is 13.8 Å². The highest BCUT2D eigenvalue weighted by molar-refractivity contribution is 5.95. The quantitative estimate of drug-likeness (QED) is 0.716. The lowest BCUT2D eigenvalue weighted by Crippen LogP contribution is -2.28. The van der Waals surface area contributed by atoms with Crippen LogP contribution in [0.5, 0.6) is 0 Å². The third-order valence-corrected chi connectivity index (χ3v) is 3.36. The number of hydrogen-bond acceptors (Lipinski definition) is 5. The Morgan fingerprint density at radius 3 is 2.75 bits per heavy atom. The van der Waals surface area contributed by atoms with Crippen LogP contribution in [0.25, 0.3) is 16.8 Å². The average molecular weight is 324 g/mol.